The average Bonchev–Trinajstić information content (AvgIpc) is 2.99. The van der Waals surface area contributed by atoms with Crippen LogP contribution in [0.3, 0.4) is 0 Å². The molecule has 1 aromatic rings. The van der Waals surface area contributed by atoms with Crippen molar-refractivity contribution in [2.24, 2.45) is 0 Å². The number of anilines is 1. The van der Waals surface area contributed by atoms with Crippen molar-refractivity contribution in [2.45, 2.75) is 40.0 Å². The smallest absolute Gasteiger partial charge is 0.340 e. The molecule has 0 atom stereocenters. The van der Waals surface area contributed by atoms with E-state index in [2.05, 4.69) is 15.6 Å². The quantitative estimate of drug-likeness (QED) is 0.571. The lowest BCUT2D eigenvalue weighted by Crippen LogP contribution is -2.33. The number of rotatable bonds is 7. The third kappa shape index (κ3) is 5.18. The lowest BCUT2D eigenvalue weighted by Gasteiger charge is -2.16. The Kier molecular flexibility index (Phi) is 6.94. The van der Waals surface area contributed by atoms with Gasteiger partial charge >= 0.3 is 12.0 Å². The Hall–Kier alpha value is -2.64. The molecule has 2 rings (SSSR count). The first-order valence-corrected chi connectivity index (χ1v) is 8.90. The number of ether oxygens (including phenoxy) is 1. The molecule has 2 heterocycles. The summed E-state index contributed by atoms with van der Waals surface area (Å²) in [7, 11) is 0. The van der Waals surface area contributed by atoms with Crippen LogP contribution in [0, 0.1) is 13.8 Å². The molecular weight excluding hydrogens is 336 g/mol. The van der Waals surface area contributed by atoms with Gasteiger partial charge in [-0.2, -0.15) is 0 Å². The third-order valence-electron chi connectivity index (χ3n) is 4.21. The summed E-state index contributed by atoms with van der Waals surface area (Å²) in [6.45, 7) is 7.40. The molecule has 8 nitrogen and oxygen atoms in total. The Morgan fingerprint density at radius 2 is 2.08 bits per heavy atom. The van der Waals surface area contributed by atoms with Gasteiger partial charge in [-0.3, -0.25) is 9.78 Å². The van der Waals surface area contributed by atoms with Crippen LogP contribution in [0.15, 0.2) is 6.07 Å². The molecule has 1 fully saturated rings. The normalized spacial score (nSPS) is 13.7. The first kappa shape index (κ1) is 19.7. The van der Waals surface area contributed by atoms with Gasteiger partial charge in [0.2, 0.25) is 5.91 Å². The summed E-state index contributed by atoms with van der Waals surface area (Å²) >= 11 is 0. The van der Waals surface area contributed by atoms with Crippen molar-refractivity contribution in [3.63, 3.8) is 0 Å². The van der Waals surface area contributed by atoms with E-state index in [4.69, 9.17) is 4.74 Å². The SMILES string of the molecule is CCOC(=O)c1cc(NC(=O)NCCCN2CCCC2=O)c(C)nc1C. The molecule has 1 aliphatic rings. The van der Waals surface area contributed by atoms with Gasteiger partial charge in [-0.05, 0) is 39.7 Å². The van der Waals surface area contributed by atoms with Gasteiger partial charge < -0.3 is 20.3 Å². The fourth-order valence-corrected chi connectivity index (χ4v) is 2.85. The van der Waals surface area contributed by atoms with E-state index in [0.29, 0.717) is 48.6 Å². The van der Waals surface area contributed by atoms with E-state index in [0.717, 1.165) is 13.0 Å². The monoisotopic (exact) mass is 362 g/mol. The molecular formula is C18H26N4O4. The second kappa shape index (κ2) is 9.17. The van der Waals surface area contributed by atoms with Crippen LogP contribution in [0.4, 0.5) is 10.5 Å². The molecule has 8 heteroatoms. The minimum Gasteiger partial charge on any atom is -0.462 e. The lowest BCUT2D eigenvalue weighted by atomic mass is 10.1. The topological polar surface area (TPSA) is 101 Å². The second-order valence-electron chi connectivity index (χ2n) is 6.19. The van der Waals surface area contributed by atoms with Gasteiger partial charge in [-0.25, -0.2) is 9.59 Å². The summed E-state index contributed by atoms with van der Waals surface area (Å²) in [6.07, 6.45) is 2.23. The Labute approximate surface area is 153 Å². The summed E-state index contributed by atoms with van der Waals surface area (Å²) in [6, 6.07) is 1.21. The number of pyridine rings is 1. The van der Waals surface area contributed by atoms with E-state index >= 15 is 0 Å². The van der Waals surface area contributed by atoms with Gasteiger partial charge in [0, 0.05) is 26.1 Å². The van der Waals surface area contributed by atoms with E-state index in [1.54, 1.807) is 26.8 Å². The van der Waals surface area contributed by atoms with Crippen molar-refractivity contribution in [3.05, 3.63) is 23.0 Å². The van der Waals surface area contributed by atoms with E-state index in [9.17, 15) is 14.4 Å². The maximum absolute atomic E-state index is 12.1. The van der Waals surface area contributed by atoms with Crippen molar-refractivity contribution in [2.75, 3.05) is 31.6 Å². The number of nitrogens with zero attached hydrogens (tertiary/aromatic N) is 2. The highest BCUT2D eigenvalue weighted by molar-refractivity contribution is 5.95. The number of carbonyl (C=O) groups is 3. The van der Waals surface area contributed by atoms with Crippen LogP contribution in [0.25, 0.3) is 0 Å². The summed E-state index contributed by atoms with van der Waals surface area (Å²) in [5, 5.41) is 5.46. The fraction of sp³-hybridized carbons (Fsp3) is 0.556. The number of esters is 1. The first-order valence-electron chi connectivity index (χ1n) is 8.90. The van der Waals surface area contributed by atoms with Crippen molar-refractivity contribution >= 4 is 23.6 Å². The van der Waals surface area contributed by atoms with Crippen LogP contribution in [0.5, 0.6) is 0 Å². The number of likely N-dealkylation sites (tertiary alicyclic amines) is 1. The van der Waals surface area contributed by atoms with Gasteiger partial charge in [0.1, 0.15) is 0 Å². The van der Waals surface area contributed by atoms with E-state index in [1.165, 1.54) is 0 Å². The van der Waals surface area contributed by atoms with E-state index in [1.807, 2.05) is 4.90 Å². The van der Waals surface area contributed by atoms with Crippen LogP contribution in [-0.4, -0.2) is 54.0 Å². The minimum atomic E-state index is -0.462. The van der Waals surface area contributed by atoms with Crippen LogP contribution in [0.2, 0.25) is 0 Å². The predicted molar refractivity (Wildman–Crippen MR) is 97.1 cm³/mol. The highest BCUT2D eigenvalue weighted by Gasteiger charge is 2.19. The molecule has 0 bridgehead atoms. The lowest BCUT2D eigenvalue weighted by molar-refractivity contribution is -0.127. The minimum absolute atomic E-state index is 0.183. The molecule has 1 aromatic heterocycles. The molecule has 142 valence electrons. The Morgan fingerprint density at radius 1 is 1.31 bits per heavy atom. The maximum Gasteiger partial charge on any atom is 0.340 e. The summed E-state index contributed by atoms with van der Waals surface area (Å²) < 4.78 is 5.01. The van der Waals surface area contributed by atoms with Crippen LogP contribution < -0.4 is 10.6 Å². The standard InChI is InChI=1S/C18H26N4O4/c1-4-26-17(24)14-11-15(13(3)20-12(14)2)21-18(25)19-8-6-10-22-9-5-7-16(22)23/h11H,4-10H2,1-3H3,(H2,19,21,25). The van der Waals surface area contributed by atoms with Crippen LogP contribution >= 0.6 is 0 Å². The fourth-order valence-electron chi connectivity index (χ4n) is 2.85. The Balaban J connectivity index is 1.86. The first-order chi connectivity index (χ1) is 12.4. The predicted octanol–water partition coefficient (Wildman–Crippen LogP) is 2.01. The molecule has 0 unspecified atom stereocenters. The zero-order valence-electron chi connectivity index (χ0n) is 15.6. The molecule has 26 heavy (non-hydrogen) atoms. The van der Waals surface area contributed by atoms with Crippen molar-refractivity contribution in [1.29, 1.82) is 0 Å². The molecule has 0 radical (unpaired) electrons. The number of amides is 3. The van der Waals surface area contributed by atoms with Crippen molar-refractivity contribution in [3.8, 4) is 0 Å². The Morgan fingerprint density at radius 3 is 2.73 bits per heavy atom. The highest BCUT2D eigenvalue weighted by atomic mass is 16.5. The van der Waals surface area contributed by atoms with Crippen LogP contribution in [0.1, 0.15) is 47.9 Å². The summed E-state index contributed by atoms with van der Waals surface area (Å²) in [5.74, 6) is -0.279. The maximum atomic E-state index is 12.1. The number of hydrogen-bond donors (Lipinski definition) is 2. The Bertz CT molecular complexity index is 690. The van der Waals surface area contributed by atoms with Gasteiger partial charge in [0.15, 0.2) is 0 Å². The largest absolute Gasteiger partial charge is 0.462 e. The molecule has 1 aliphatic heterocycles. The van der Waals surface area contributed by atoms with Crippen molar-refractivity contribution < 1.29 is 19.1 Å². The summed E-state index contributed by atoms with van der Waals surface area (Å²) in [5.41, 5.74) is 1.97. The van der Waals surface area contributed by atoms with Crippen molar-refractivity contribution in [1.82, 2.24) is 15.2 Å². The number of aryl methyl sites for hydroxylation is 2. The van der Waals surface area contributed by atoms with Gasteiger partial charge in [-0.15, -0.1) is 0 Å². The van der Waals surface area contributed by atoms with Gasteiger partial charge in [-0.1, -0.05) is 0 Å². The van der Waals surface area contributed by atoms with E-state index < -0.39 is 5.97 Å². The molecule has 0 aromatic carbocycles. The number of hydrogen-bond acceptors (Lipinski definition) is 5. The molecule has 0 saturated carbocycles. The van der Waals surface area contributed by atoms with Gasteiger partial charge in [0.25, 0.3) is 0 Å². The van der Waals surface area contributed by atoms with E-state index in [-0.39, 0.29) is 18.5 Å². The number of aromatic nitrogens is 1. The summed E-state index contributed by atoms with van der Waals surface area (Å²) in [4.78, 5) is 41.7. The number of nitrogens with one attached hydrogen (secondary N) is 2. The van der Waals surface area contributed by atoms with Gasteiger partial charge in [0.05, 0.1) is 29.2 Å². The number of urea groups is 1. The molecule has 0 spiro atoms. The zero-order chi connectivity index (χ0) is 19.1. The number of carbonyl (C=O) groups excluding carboxylic acids is 3. The second-order valence-corrected chi connectivity index (χ2v) is 6.19. The molecule has 3 amide bonds. The molecule has 0 aliphatic carbocycles. The molecule has 2 N–H and O–H groups in total. The average molecular weight is 362 g/mol. The third-order valence-corrected chi connectivity index (χ3v) is 4.21. The highest BCUT2D eigenvalue weighted by Crippen LogP contribution is 2.18. The molecule has 1 saturated heterocycles. The zero-order valence-corrected chi connectivity index (χ0v) is 15.6. The van der Waals surface area contributed by atoms with Crippen LogP contribution in [-0.2, 0) is 9.53 Å².